The predicted octanol–water partition coefficient (Wildman–Crippen LogP) is 0.600. The molecule has 0 atom stereocenters. The average molecular weight is 219 g/mol. The van der Waals surface area contributed by atoms with E-state index in [1.165, 1.54) is 23.0 Å². The van der Waals surface area contributed by atoms with Gasteiger partial charge in [0.15, 0.2) is 0 Å². The Hall–Kier alpha value is -2.37. The number of hydrogen-bond donors (Lipinski definition) is 2. The van der Waals surface area contributed by atoms with Gasteiger partial charge in [0, 0.05) is 6.07 Å². The standard InChI is InChI=1S/C10H9N3O3/c14-9-3-1-2-7(4-9)13-8(5-10(15)16)6-11-12-13/h1-4,6,14H,5H2,(H,15,16). The molecule has 82 valence electrons. The summed E-state index contributed by atoms with van der Waals surface area (Å²) in [6, 6.07) is 6.37. The Labute approximate surface area is 90.8 Å². The number of phenolic OH excluding ortho intramolecular Hbond substituents is 1. The molecule has 0 bridgehead atoms. The van der Waals surface area contributed by atoms with Crippen LogP contribution in [0, 0.1) is 0 Å². The second-order valence-electron chi connectivity index (χ2n) is 3.23. The van der Waals surface area contributed by atoms with Gasteiger partial charge in [0.05, 0.1) is 24.0 Å². The molecule has 16 heavy (non-hydrogen) atoms. The zero-order valence-corrected chi connectivity index (χ0v) is 8.24. The van der Waals surface area contributed by atoms with Crippen LogP contribution in [0.2, 0.25) is 0 Å². The van der Waals surface area contributed by atoms with E-state index in [4.69, 9.17) is 5.11 Å². The average Bonchev–Trinajstić information content (AvgIpc) is 2.65. The molecule has 0 radical (unpaired) electrons. The van der Waals surface area contributed by atoms with Gasteiger partial charge in [0.2, 0.25) is 0 Å². The van der Waals surface area contributed by atoms with Crippen molar-refractivity contribution in [3.05, 3.63) is 36.2 Å². The van der Waals surface area contributed by atoms with Crippen molar-refractivity contribution in [2.45, 2.75) is 6.42 Å². The summed E-state index contributed by atoms with van der Waals surface area (Å²) in [4.78, 5) is 10.6. The summed E-state index contributed by atoms with van der Waals surface area (Å²) in [7, 11) is 0. The number of aliphatic carboxylic acids is 1. The molecular formula is C10H9N3O3. The van der Waals surface area contributed by atoms with E-state index < -0.39 is 5.97 Å². The quantitative estimate of drug-likeness (QED) is 0.789. The van der Waals surface area contributed by atoms with Crippen LogP contribution in [0.3, 0.4) is 0 Å². The lowest BCUT2D eigenvalue weighted by Gasteiger charge is -2.04. The van der Waals surface area contributed by atoms with E-state index in [1.54, 1.807) is 12.1 Å². The molecule has 0 spiro atoms. The monoisotopic (exact) mass is 219 g/mol. The molecule has 2 rings (SSSR count). The van der Waals surface area contributed by atoms with Gasteiger partial charge in [-0.15, -0.1) is 5.10 Å². The van der Waals surface area contributed by atoms with E-state index in [0.717, 1.165) is 0 Å². The SMILES string of the molecule is O=C(O)Cc1cnnn1-c1cccc(O)c1. The largest absolute Gasteiger partial charge is 0.508 e. The second-order valence-corrected chi connectivity index (χ2v) is 3.23. The van der Waals surface area contributed by atoms with Crippen LogP contribution in [-0.2, 0) is 11.2 Å². The number of carboxylic acids is 1. The minimum absolute atomic E-state index is 0.0919. The van der Waals surface area contributed by atoms with Gasteiger partial charge in [0.1, 0.15) is 5.75 Å². The number of phenols is 1. The summed E-state index contributed by atoms with van der Waals surface area (Å²) in [5.74, 6) is -0.863. The molecule has 0 unspecified atom stereocenters. The minimum atomic E-state index is -0.955. The molecule has 2 aromatic rings. The molecule has 0 amide bonds. The second kappa shape index (κ2) is 4.01. The maximum atomic E-state index is 10.6. The summed E-state index contributed by atoms with van der Waals surface area (Å²) in [5.41, 5.74) is 1.03. The van der Waals surface area contributed by atoms with Gasteiger partial charge in [0.25, 0.3) is 0 Å². The Morgan fingerprint density at radius 2 is 2.25 bits per heavy atom. The number of nitrogens with zero attached hydrogens (tertiary/aromatic N) is 3. The fourth-order valence-electron chi connectivity index (χ4n) is 1.37. The van der Waals surface area contributed by atoms with Crippen molar-refractivity contribution in [1.29, 1.82) is 0 Å². The fraction of sp³-hybridized carbons (Fsp3) is 0.100. The molecule has 0 aliphatic heterocycles. The lowest BCUT2D eigenvalue weighted by Crippen LogP contribution is -2.07. The molecule has 0 aliphatic carbocycles. The number of aromatic hydroxyl groups is 1. The van der Waals surface area contributed by atoms with E-state index in [9.17, 15) is 9.90 Å². The fourth-order valence-corrected chi connectivity index (χ4v) is 1.37. The van der Waals surface area contributed by atoms with Crippen molar-refractivity contribution in [2.75, 3.05) is 0 Å². The van der Waals surface area contributed by atoms with E-state index in [1.807, 2.05) is 0 Å². The molecule has 2 N–H and O–H groups in total. The maximum Gasteiger partial charge on any atom is 0.309 e. The number of carbonyl (C=O) groups is 1. The van der Waals surface area contributed by atoms with Crippen molar-refractivity contribution in [1.82, 2.24) is 15.0 Å². The zero-order valence-electron chi connectivity index (χ0n) is 8.24. The van der Waals surface area contributed by atoms with Crippen LogP contribution >= 0.6 is 0 Å². The molecule has 0 fully saturated rings. The number of hydrogen-bond acceptors (Lipinski definition) is 4. The Balaban J connectivity index is 2.40. The van der Waals surface area contributed by atoms with E-state index >= 15 is 0 Å². The molecule has 1 heterocycles. The molecule has 1 aromatic carbocycles. The predicted molar refractivity (Wildman–Crippen MR) is 54.4 cm³/mol. The third-order valence-electron chi connectivity index (χ3n) is 2.03. The van der Waals surface area contributed by atoms with Crippen molar-refractivity contribution in [2.24, 2.45) is 0 Å². The van der Waals surface area contributed by atoms with Crippen LogP contribution in [0.25, 0.3) is 5.69 Å². The molecule has 0 saturated carbocycles. The topological polar surface area (TPSA) is 88.2 Å². The van der Waals surface area contributed by atoms with E-state index in [-0.39, 0.29) is 12.2 Å². The third kappa shape index (κ3) is 2.00. The summed E-state index contributed by atoms with van der Waals surface area (Å²) in [6.45, 7) is 0. The van der Waals surface area contributed by atoms with Crippen LogP contribution in [0.4, 0.5) is 0 Å². The van der Waals surface area contributed by atoms with Gasteiger partial charge in [-0.2, -0.15) is 0 Å². The first-order valence-electron chi connectivity index (χ1n) is 4.57. The number of carboxylic acid groups (broad SMARTS) is 1. The lowest BCUT2D eigenvalue weighted by atomic mass is 10.2. The summed E-state index contributed by atoms with van der Waals surface area (Å²) in [5, 5.41) is 25.4. The zero-order chi connectivity index (χ0) is 11.5. The van der Waals surface area contributed by atoms with Gasteiger partial charge in [-0.05, 0) is 12.1 Å². The Kier molecular flexibility index (Phi) is 2.55. The summed E-state index contributed by atoms with van der Waals surface area (Å²) >= 11 is 0. The van der Waals surface area contributed by atoms with Gasteiger partial charge in [-0.1, -0.05) is 11.3 Å². The first-order chi connectivity index (χ1) is 7.66. The van der Waals surface area contributed by atoms with Crippen molar-refractivity contribution < 1.29 is 15.0 Å². The molecular weight excluding hydrogens is 210 g/mol. The molecule has 0 saturated heterocycles. The summed E-state index contributed by atoms with van der Waals surface area (Å²) in [6.07, 6.45) is 1.22. The Morgan fingerprint density at radius 3 is 2.94 bits per heavy atom. The third-order valence-corrected chi connectivity index (χ3v) is 2.03. The van der Waals surface area contributed by atoms with Gasteiger partial charge >= 0.3 is 5.97 Å². The maximum absolute atomic E-state index is 10.6. The molecule has 0 aliphatic rings. The van der Waals surface area contributed by atoms with Gasteiger partial charge in [-0.3, -0.25) is 4.79 Å². The summed E-state index contributed by atoms with van der Waals surface area (Å²) < 4.78 is 1.38. The highest BCUT2D eigenvalue weighted by molar-refractivity contribution is 5.69. The normalized spacial score (nSPS) is 10.2. The van der Waals surface area contributed by atoms with E-state index in [0.29, 0.717) is 11.4 Å². The number of rotatable bonds is 3. The Bertz CT molecular complexity index is 522. The number of benzene rings is 1. The minimum Gasteiger partial charge on any atom is -0.508 e. The van der Waals surface area contributed by atoms with Crippen LogP contribution < -0.4 is 0 Å². The van der Waals surface area contributed by atoms with Crippen LogP contribution in [0.1, 0.15) is 5.69 Å². The first kappa shape index (κ1) is 10.2. The van der Waals surface area contributed by atoms with Gasteiger partial charge < -0.3 is 10.2 Å². The van der Waals surface area contributed by atoms with Crippen LogP contribution in [0.15, 0.2) is 30.5 Å². The van der Waals surface area contributed by atoms with Crippen LogP contribution in [-0.4, -0.2) is 31.2 Å². The highest BCUT2D eigenvalue weighted by Crippen LogP contribution is 2.15. The Morgan fingerprint density at radius 1 is 1.44 bits per heavy atom. The number of aromatic nitrogens is 3. The van der Waals surface area contributed by atoms with Crippen molar-refractivity contribution in [3.63, 3.8) is 0 Å². The molecule has 6 heteroatoms. The highest BCUT2D eigenvalue weighted by Gasteiger charge is 2.09. The lowest BCUT2D eigenvalue weighted by molar-refractivity contribution is -0.136. The first-order valence-corrected chi connectivity index (χ1v) is 4.57. The molecule has 1 aromatic heterocycles. The van der Waals surface area contributed by atoms with Crippen molar-refractivity contribution >= 4 is 5.97 Å². The highest BCUT2D eigenvalue weighted by atomic mass is 16.4. The molecule has 6 nitrogen and oxygen atoms in total. The smallest absolute Gasteiger partial charge is 0.309 e. The van der Waals surface area contributed by atoms with Crippen molar-refractivity contribution in [3.8, 4) is 11.4 Å². The van der Waals surface area contributed by atoms with Gasteiger partial charge in [-0.25, -0.2) is 4.68 Å². The van der Waals surface area contributed by atoms with E-state index in [2.05, 4.69) is 10.3 Å². The van der Waals surface area contributed by atoms with Crippen LogP contribution in [0.5, 0.6) is 5.75 Å².